The van der Waals surface area contributed by atoms with Crippen LogP contribution < -0.4 is 15.2 Å². The molecule has 0 aliphatic heterocycles. The number of imidazole rings is 1. The third-order valence-corrected chi connectivity index (χ3v) is 6.83. The molecule has 0 saturated heterocycles. The summed E-state index contributed by atoms with van der Waals surface area (Å²) in [4.78, 5) is 21.0. The van der Waals surface area contributed by atoms with E-state index >= 15 is 0 Å². The van der Waals surface area contributed by atoms with Gasteiger partial charge in [-0.3, -0.25) is 4.79 Å². The minimum atomic E-state index is -3.81. The van der Waals surface area contributed by atoms with E-state index in [0.29, 0.717) is 17.5 Å². The number of fused-ring (bicyclic) bond motifs is 1. The highest BCUT2D eigenvalue weighted by molar-refractivity contribution is 8.00. The fourth-order valence-corrected chi connectivity index (χ4v) is 4.74. The van der Waals surface area contributed by atoms with E-state index in [4.69, 9.17) is 9.88 Å². The SMILES string of the molecule is CCOc1ccc2nc(S[C@H](C(=O)Nc3ccc(S(N)(=O)=O)cc3)c3ccccc3)[nH]c2c1. The maximum atomic E-state index is 13.2. The third-order valence-electron chi connectivity index (χ3n) is 4.76. The molecule has 4 N–H and O–H groups in total. The third kappa shape index (κ3) is 5.54. The van der Waals surface area contributed by atoms with Crippen LogP contribution in [0.4, 0.5) is 5.69 Å². The van der Waals surface area contributed by atoms with Crippen LogP contribution in [0, 0.1) is 0 Å². The van der Waals surface area contributed by atoms with E-state index in [1.165, 1.54) is 36.0 Å². The predicted molar refractivity (Wildman–Crippen MR) is 129 cm³/mol. The molecule has 1 amide bonds. The number of nitrogens with two attached hydrogens (primary N) is 1. The van der Waals surface area contributed by atoms with Crippen molar-refractivity contribution in [1.82, 2.24) is 9.97 Å². The average Bonchev–Trinajstić information content (AvgIpc) is 3.20. The molecule has 1 aromatic heterocycles. The number of aromatic amines is 1. The maximum absolute atomic E-state index is 13.2. The van der Waals surface area contributed by atoms with E-state index in [0.717, 1.165) is 22.3 Å². The maximum Gasteiger partial charge on any atom is 0.242 e. The van der Waals surface area contributed by atoms with E-state index in [1.54, 1.807) is 0 Å². The van der Waals surface area contributed by atoms with Gasteiger partial charge in [0.15, 0.2) is 5.16 Å². The number of anilines is 1. The van der Waals surface area contributed by atoms with E-state index in [9.17, 15) is 13.2 Å². The number of ether oxygens (including phenoxy) is 1. The Hall–Kier alpha value is -3.34. The summed E-state index contributed by atoms with van der Waals surface area (Å²) in [7, 11) is -3.81. The van der Waals surface area contributed by atoms with Crippen molar-refractivity contribution in [3.63, 3.8) is 0 Å². The van der Waals surface area contributed by atoms with Gasteiger partial charge < -0.3 is 15.0 Å². The van der Waals surface area contributed by atoms with Crippen LogP contribution in [0.3, 0.4) is 0 Å². The number of H-pyrrole nitrogens is 1. The quantitative estimate of drug-likeness (QED) is 0.325. The molecule has 0 saturated carbocycles. The number of thioether (sulfide) groups is 1. The van der Waals surface area contributed by atoms with Crippen LogP contribution in [0.5, 0.6) is 5.75 Å². The molecule has 8 nitrogen and oxygen atoms in total. The van der Waals surface area contributed by atoms with Gasteiger partial charge in [-0.05, 0) is 48.9 Å². The molecule has 0 unspecified atom stereocenters. The zero-order valence-electron chi connectivity index (χ0n) is 17.7. The van der Waals surface area contributed by atoms with Gasteiger partial charge in [0, 0.05) is 11.8 Å². The molecule has 10 heteroatoms. The Labute approximate surface area is 195 Å². The van der Waals surface area contributed by atoms with Crippen LogP contribution in [0.2, 0.25) is 0 Å². The van der Waals surface area contributed by atoms with E-state index in [1.807, 2.05) is 55.5 Å². The lowest BCUT2D eigenvalue weighted by molar-refractivity contribution is -0.115. The van der Waals surface area contributed by atoms with Gasteiger partial charge in [-0.15, -0.1) is 0 Å². The number of aromatic nitrogens is 2. The van der Waals surface area contributed by atoms with Crippen LogP contribution in [0.1, 0.15) is 17.7 Å². The molecule has 3 aromatic carbocycles. The topological polar surface area (TPSA) is 127 Å². The Morgan fingerprint density at radius 2 is 1.85 bits per heavy atom. The number of primary sulfonamides is 1. The fraction of sp³-hybridized carbons (Fsp3) is 0.130. The molecular weight excluding hydrogens is 460 g/mol. The summed E-state index contributed by atoms with van der Waals surface area (Å²) < 4.78 is 28.5. The molecule has 1 atom stereocenters. The summed E-state index contributed by atoms with van der Waals surface area (Å²) in [5, 5.41) is 7.97. The van der Waals surface area contributed by atoms with Crippen molar-refractivity contribution in [1.29, 1.82) is 0 Å². The number of carbonyl (C=O) groups excluding carboxylic acids is 1. The summed E-state index contributed by atoms with van der Waals surface area (Å²) in [6.07, 6.45) is 0. The second-order valence-electron chi connectivity index (χ2n) is 7.12. The van der Waals surface area contributed by atoms with Crippen molar-refractivity contribution in [2.24, 2.45) is 5.14 Å². The number of hydrogen-bond acceptors (Lipinski definition) is 6. The Balaban J connectivity index is 1.59. The second-order valence-corrected chi connectivity index (χ2v) is 9.78. The standard InChI is InChI=1S/C23H22N4O4S2/c1-2-31-17-10-13-19-20(14-17)27-23(26-19)32-21(15-6-4-3-5-7-15)22(28)25-16-8-11-18(12-9-16)33(24,29)30/h3-14,21H,2H2,1H3,(H,25,28)(H,26,27)(H2,24,29,30)/t21-/m0/s1. The molecule has 4 aromatic rings. The fourth-order valence-electron chi connectivity index (χ4n) is 3.23. The van der Waals surface area contributed by atoms with Crippen molar-refractivity contribution < 1.29 is 17.9 Å². The summed E-state index contributed by atoms with van der Waals surface area (Å²) in [6.45, 7) is 2.49. The van der Waals surface area contributed by atoms with Crippen molar-refractivity contribution in [3.8, 4) is 5.75 Å². The number of sulfonamides is 1. The highest BCUT2D eigenvalue weighted by atomic mass is 32.2. The number of amides is 1. The lowest BCUT2D eigenvalue weighted by atomic mass is 10.1. The van der Waals surface area contributed by atoms with Crippen LogP contribution in [0.25, 0.3) is 11.0 Å². The Morgan fingerprint density at radius 3 is 2.52 bits per heavy atom. The number of carbonyl (C=O) groups is 1. The number of rotatable bonds is 8. The van der Waals surface area contributed by atoms with Crippen LogP contribution >= 0.6 is 11.8 Å². The Bertz CT molecular complexity index is 1370. The van der Waals surface area contributed by atoms with Gasteiger partial charge in [-0.2, -0.15) is 0 Å². The molecule has 0 bridgehead atoms. The molecule has 0 fully saturated rings. The zero-order chi connectivity index (χ0) is 23.4. The van der Waals surface area contributed by atoms with Crippen molar-refractivity contribution >= 4 is 44.4 Å². The van der Waals surface area contributed by atoms with Crippen LogP contribution in [0.15, 0.2) is 82.8 Å². The van der Waals surface area contributed by atoms with Gasteiger partial charge in [0.1, 0.15) is 11.0 Å². The molecule has 170 valence electrons. The first kappa shape index (κ1) is 22.8. The van der Waals surface area contributed by atoms with Gasteiger partial charge >= 0.3 is 0 Å². The van der Waals surface area contributed by atoms with Gasteiger partial charge in [0.2, 0.25) is 15.9 Å². The number of nitrogens with one attached hydrogen (secondary N) is 2. The number of hydrogen-bond donors (Lipinski definition) is 3. The minimum absolute atomic E-state index is 0.0248. The second kappa shape index (κ2) is 9.65. The molecule has 33 heavy (non-hydrogen) atoms. The van der Waals surface area contributed by atoms with Gasteiger partial charge in [0.25, 0.3) is 0 Å². The smallest absolute Gasteiger partial charge is 0.242 e. The summed E-state index contributed by atoms with van der Waals surface area (Å²) in [5.74, 6) is 0.468. The molecular formula is C23H22N4O4S2. The summed E-state index contributed by atoms with van der Waals surface area (Å²) in [6, 6.07) is 20.7. The number of nitrogens with zero attached hydrogens (tertiary/aromatic N) is 1. The predicted octanol–water partition coefficient (Wildman–Crippen LogP) is 4.08. The van der Waals surface area contributed by atoms with Gasteiger partial charge in [-0.25, -0.2) is 18.5 Å². The van der Waals surface area contributed by atoms with Crippen molar-refractivity contribution in [3.05, 3.63) is 78.4 Å². The first-order valence-corrected chi connectivity index (χ1v) is 12.5. The first-order chi connectivity index (χ1) is 15.8. The Morgan fingerprint density at radius 1 is 1.12 bits per heavy atom. The van der Waals surface area contributed by atoms with Gasteiger partial charge in [-0.1, -0.05) is 42.1 Å². The number of benzene rings is 3. The Kier molecular flexibility index (Phi) is 6.68. The summed E-state index contributed by atoms with van der Waals surface area (Å²) in [5.41, 5.74) is 2.84. The molecule has 0 radical (unpaired) electrons. The van der Waals surface area contributed by atoms with E-state index in [2.05, 4.69) is 15.3 Å². The highest BCUT2D eigenvalue weighted by Crippen LogP contribution is 2.36. The van der Waals surface area contributed by atoms with E-state index in [-0.39, 0.29) is 10.8 Å². The molecule has 0 aliphatic rings. The van der Waals surface area contributed by atoms with Crippen molar-refractivity contribution in [2.75, 3.05) is 11.9 Å². The van der Waals surface area contributed by atoms with E-state index < -0.39 is 15.3 Å². The lowest BCUT2D eigenvalue weighted by Crippen LogP contribution is -2.19. The van der Waals surface area contributed by atoms with Crippen LogP contribution in [-0.4, -0.2) is 30.9 Å². The zero-order valence-corrected chi connectivity index (χ0v) is 19.3. The average molecular weight is 483 g/mol. The lowest BCUT2D eigenvalue weighted by Gasteiger charge is -2.16. The molecule has 1 heterocycles. The molecule has 0 aliphatic carbocycles. The molecule has 4 rings (SSSR count). The molecule has 0 spiro atoms. The highest BCUT2D eigenvalue weighted by Gasteiger charge is 2.24. The van der Waals surface area contributed by atoms with Crippen LogP contribution in [-0.2, 0) is 14.8 Å². The largest absolute Gasteiger partial charge is 0.494 e. The summed E-state index contributed by atoms with van der Waals surface area (Å²) >= 11 is 1.29. The normalized spacial score (nSPS) is 12.4. The monoisotopic (exact) mass is 482 g/mol. The first-order valence-electron chi connectivity index (χ1n) is 10.1. The van der Waals surface area contributed by atoms with Gasteiger partial charge in [0.05, 0.1) is 22.5 Å². The van der Waals surface area contributed by atoms with Crippen molar-refractivity contribution in [2.45, 2.75) is 22.2 Å². The minimum Gasteiger partial charge on any atom is -0.494 e.